The summed E-state index contributed by atoms with van der Waals surface area (Å²) in [5.41, 5.74) is -5.04. The fourth-order valence-corrected chi connectivity index (χ4v) is 6.81. The van der Waals surface area contributed by atoms with Crippen LogP contribution in [0.25, 0.3) is 10.9 Å². The highest BCUT2D eigenvalue weighted by atomic mass is 32.2. The Hall–Kier alpha value is -2.51. The van der Waals surface area contributed by atoms with Gasteiger partial charge in [0.15, 0.2) is 24.7 Å². The number of alkyl halides is 3. The topological polar surface area (TPSA) is 117 Å². The van der Waals surface area contributed by atoms with Crippen LogP contribution in [0.15, 0.2) is 46.5 Å². The summed E-state index contributed by atoms with van der Waals surface area (Å²) in [7, 11) is -7.75. The monoisotopic (exact) mass is 564 g/mol. The zero-order valence-corrected chi connectivity index (χ0v) is 22.3. The Kier molecular flexibility index (Phi) is 7.59. The standard InChI is InChI=1S/C24H28F4N2O5S2/c1-5-8-37(34,35)21-10-15-9-17(30-19(15)13-29-21)12-22(2,31)14-23(3,24(26,27)28)18-11-16(25)6-7-20(18)36(4,32)33/h6-7,9-11,13,30-31H,5,8,12,14H2,1-4H3. The molecule has 1 aromatic carbocycles. The van der Waals surface area contributed by atoms with E-state index in [0.717, 1.165) is 32.2 Å². The average Bonchev–Trinajstić information content (AvgIpc) is 3.12. The lowest BCUT2D eigenvalue weighted by Crippen LogP contribution is -2.47. The first kappa shape index (κ1) is 29.1. The minimum absolute atomic E-state index is 0.0942. The van der Waals surface area contributed by atoms with Gasteiger partial charge in [0.2, 0.25) is 0 Å². The van der Waals surface area contributed by atoms with E-state index in [4.69, 9.17) is 0 Å². The van der Waals surface area contributed by atoms with Crippen molar-refractivity contribution in [3.8, 4) is 0 Å². The number of fused-ring (bicyclic) bond motifs is 1. The van der Waals surface area contributed by atoms with Gasteiger partial charge in [-0.25, -0.2) is 26.2 Å². The average molecular weight is 565 g/mol. The number of hydrogen-bond acceptors (Lipinski definition) is 6. The fourth-order valence-electron chi connectivity index (χ4n) is 4.55. The Bertz CT molecular complexity index is 1530. The predicted octanol–water partition coefficient (Wildman–Crippen LogP) is 4.49. The molecule has 7 nitrogen and oxygen atoms in total. The maximum Gasteiger partial charge on any atom is 0.398 e. The molecule has 2 N–H and O–H groups in total. The molecule has 0 aliphatic rings. The van der Waals surface area contributed by atoms with E-state index in [1.165, 1.54) is 18.3 Å². The molecule has 3 rings (SSSR count). The molecule has 3 aromatic rings. The third-order valence-corrected chi connectivity index (χ3v) is 9.16. The summed E-state index contributed by atoms with van der Waals surface area (Å²) in [6.07, 6.45) is -3.94. The second-order valence-corrected chi connectivity index (χ2v) is 13.9. The zero-order valence-electron chi connectivity index (χ0n) is 20.6. The van der Waals surface area contributed by atoms with Crippen LogP contribution in [-0.2, 0) is 31.5 Å². The molecule has 2 unspecified atom stereocenters. The van der Waals surface area contributed by atoms with Crippen molar-refractivity contribution < 1.29 is 39.5 Å². The number of benzene rings is 1. The summed E-state index contributed by atoms with van der Waals surface area (Å²) < 4.78 is 106. The Balaban J connectivity index is 2.02. The third kappa shape index (κ3) is 6.15. The van der Waals surface area contributed by atoms with Crippen molar-refractivity contribution in [2.45, 2.75) is 67.1 Å². The van der Waals surface area contributed by atoms with E-state index in [0.29, 0.717) is 29.1 Å². The zero-order chi connectivity index (χ0) is 28.0. The van der Waals surface area contributed by atoms with E-state index in [9.17, 15) is 39.5 Å². The molecule has 13 heteroatoms. The predicted molar refractivity (Wildman–Crippen MR) is 130 cm³/mol. The lowest BCUT2D eigenvalue weighted by atomic mass is 9.72. The first-order chi connectivity index (χ1) is 16.8. The molecule has 0 saturated heterocycles. The summed E-state index contributed by atoms with van der Waals surface area (Å²) in [5, 5.41) is 11.4. The van der Waals surface area contributed by atoms with Crippen LogP contribution >= 0.6 is 0 Å². The highest BCUT2D eigenvalue weighted by Gasteiger charge is 2.56. The summed E-state index contributed by atoms with van der Waals surface area (Å²) in [6.45, 7) is 3.60. The molecule has 37 heavy (non-hydrogen) atoms. The van der Waals surface area contributed by atoms with Crippen LogP contribution < -0.4 is 0 Å². The number of nitrogens with one attached hydrogen (secondary N) is 1. The van der Waals surface area contributed by atoms with E-state index in [-0.39, 0.29) is 17.2 Å². The largest absolute Gasteiger partial charge is 0.398 e. The number of rotatable bonds is 9. The maximum atomic E-state index is 14.4. The van der Waals surface area contributed by atoms with E-state index >= 15 is 0 Å². The van der Waals surface area contributed by atoms with Crippen LogP contribution in [0.1, 0.15) is 44.9 Å². The number of aromatic nitrogens is 2. The number of aliphatic hydroxyl groups is 1. The first-order valence-electron chi connectivity index (χ1n) is 11.3. The van der Waals surface area contributed by atoms with Crippen molar-refractivity contribution in [3.63, 3.8) is 0 Å². The van der Waals surface area contributed by atoms with Gasteiger partial charge < -0.3 is 10.1 Å². The van der Waals surface area contributed by atoms with Gasteiger partial charge in [0.1, 0.15) is 5.82 Å². The van der Waals surface area contributed by atoms with Gasteiger partial charge in [0.25, 0.3) is 0 Å². The van der Waals surface area contributed by atoms with Crippen LogP contribution in [0.4, 0.5) is 17.6 Å². The number of H-pyrrole nitrogens is 1. The molecule has 0 spiro atoms. The second kappa shape index (κ2) is 9.66. The van der Waals surface area contributed by atoms with E-state index in [2.05, 4.69) is 9.97 Å². The van der Waals surface area contributed by atoms with Crippen molar-refractivity contribution >= 4 is 30.6 Å². The SMILES string of the molecule is CCCS(=O)(=O)c1cc2cc(CC(C)(O)CC(C)(c3cc(F)ccc3S(C)(=O)=O)C(F)(F)F)[nH]c2cn1. The van der Waals surface area contributed by atoms with Gasteiger partial charge in [-0.1, -0.05) is 6.92 Å². The van der Waals surface area contributed by atoms with Gasteiger partial charge in [-0.05, 0) is 62.6 Å². The van der Waals surface area contributed by atoms with E-state index < -0.39 is 59.6 Å². The summed E-state index contributed by atoms with van der Waals surface area (Å²) in [6, 6.07) is 4.94. The molecule has 2 atom stereocenters. The van der Waals surface area contributed by atoms with Crippen molar-refractivity contribution in [1.82, 2.24) is 9.97 Å². The molecule has 0 fully saturated rings. The number of hydrogen-bond donors (Lipinski definition) is 2. The highest BCUT2D eigenvalue weighted by molar-refractivity contribution is 7.91. The third-order valence-electron chi connectivity index (χ3n) is 6.19. The van der Waals surface area contributed by atoms with Crippen LogP contribution in [-0.4, -0.2) is 55.7 Å². The summed E-state index contributed by atoms with van der Waals surface area (Å²) in [4.78, 5) is 6.19. The molecule has 0 amide bonds. The van der Waals surface area contributed by atoms with Gasteiger partial charge >= 0.3 is 6.18 Å². The van der Waals surface area contributed by atoms with Crippen LogP contribution in [0.2, 0.25) is 0 Å². The number of sulfone groups is 2. The second-order valence-electron chi connectivity index (χ2n) is 9.82. The van der Waals surface area contributed by atoms with E-state index in [1.54, 1.807) is 6.92 Å². The van der Waals surface area contributed by atoms with E-state index in [1.807, 2.05) is 0 Å². The molecule has 0 aliphatic carbocycles. The van der Waals surface area contributed by atoms with Crippen molar-refractivity contribution in [2.75, 3.05) is 12.0 Å². The van der Waals surface area contributed by atoms with Crippen molar-refractivity contribution in [2.24, 2.45) is 0 Å². The van der Waals surface area contributed by atoms with Gasteiger partial charge in [-0.2, -0.15) is 13.2 Å². The molecule has 0 saturated carbocycles. The number of aromatic amines is 1. The Labute approximate surface area is 212 Å². The lowest BCUT2D eigenvalue weighted by Gasteiger charge is -2.39. The normalized spacial score (nSPS) is 16.5. The smallest absolute Gasteiger partial charge is 0.390 e. The molecule has 0 aliphatic heterocycles. The highest BCUT2D eigenvalue weighted by Crippen LogP contribution is 2.48. The number of nitrogens with zero attached hydrogens (tertiary/aromatic N) is 1. The molecule has 2 aromatic heterocycles. The van der Waals surface area contributed by atoms with Gasteiger partial charge in [0, 0.05) is 23.8 Å². The Morgan fingerprint density at radius 2 is 1.70 bits per heavy atom. The fraction of sp³-hybridized carbons (Fsp3) is 0.458. The van der Waals surface area contributed by atoms with Crippen LogP contribution in [0.5, 0.6) is 0 Å². The minimum atomic E-state index is -5.04. The van der Waals surface area contributed by atoms with Crippen molar-refractivity contribution in [3.05, 3.63) is 53.6 Å². The molecular formula is C24H28F4N2O5S2. The molecule has 0 radical (unpaired) electrons. The molecule has 2 heterocycles. The Morgan fingerprint density at radius 3 is 2.27 bits per heavy atom. The molecule has 0 bridgehead atoms. The Morgan fingerprint density at radius 1 is 1.05 bits per heavy atom. The summed E-state index contributed by atoms with van der Waals surface area (Å²) >= 11 is 0. The lowest BCUT2D eigenvalue weighted by molar-refractivity contribution is -0.200. The summed E-state index contributed by atoms with van der Waals surface area (Å²) in [5.74, 6) is -1.14. The van der Waals surface area contributed by atoms with Gasteiger partial charge in [-0.15, -0.1) is 0 Å². The minimum Gasteiger partial charge on any atom is -0.390 e. The maximum absolute atomic E-state index is 14.4. The van der Waals surface area contributed by atoms with Gasteiger partial charge in [-0.3, -0.25) is 0 Å². The van der Waals surface area contributed by atoms with Crippen LogP contribution in [0.3, 0.4) is 0 Å². The first-order valence-corrected chi connectivity index (χ1v) is 14.8. The quantitative estimate of drug-likeness (QED) is 0.292. The number of halogens is 4. The van der Waals surface area contributed by atoms with Crippen molar-refractivity contribution in [1.29, 1.82) is 0 Å². The number of pyridine rings is 1. The molecule has 204 valence electrons. The van der Waals surface area contributed by atoms with Crippen LogP contribution in [0, 0.1) is 5.82 Å². The molecular weight excluding hydrogens is 536 g/mol. The van der Waals surface area contributed by atoms with Gasteiger partial charge in [0.05, 0.1) is 33.4 Å².